The van der Waals surface area contributed by atoms with E-state index in [1.807, 2.05) is 18.2 Å². The van der Waals surface area contributed by atoms with Crippen molar-refractivity contribution in [2.45, 2.75) is 26.2 Å². The van der Waals surface area contributed by atoms with E-state index in [1.165, 1.54) is 6.42 Å². The molecule has 0 aromatic carbocycles. The van der Waals surface area contributed by atoms with Crippen molar-refractivity contribution in [3.05, 3.63) is 24.4 Å². The summed E-state index contributed by atoms with van der Waals surface area (Å²) in [5.41, 5.74) is 0. The van der Waals surface area contributed by atoms with Gasteiger partial charge in [-0.15, -0.1) is 0 Å². The van der Waals surface area contributed by atoms with Crippen LogP contribution in [0, 0.1) is 0 Å². The van der Waals surface area contributed by atoms with Crippen molar-refractivity contribution in [1.82, 2.24) is 4.98 Å². The molecular formula is C12H20N2O. The molecule has 0 fully saturated rings. The Bertz CT molecular complexity index is 239. The zero-order valence-electron chi connectivity index (χ0n) is 9.41. The first-order valence-corrected chi connectivity index (χ1v) is 5.66. The van der Waals surface area contributed by atoms with Gasteiger partial charge in [-0.25, -0.2) is 4.98 Å². The number of nitrogens with one attached hydrogen (secondary N) is 1. The molecule has 1 aromatic heterocycles. The third-order valence-electron chi connectivity index (χ3n) is 2.08. The van der Waals surface area contributed by atoms with Crippen LogP contribution in [0.1, 0.15) is 26.2 Å². The second-order valence-corrected chi connectivity index (χ2v) is 3.46. The summed E-state index contributed by atoms with van der Waals surface area (Å²) >= 11 is 0. The first kappa shape index (κ1) is 12.0. The number of anilines is 1. The summed E-state index contributed by atoms with van der Waals surface area (Å²) in [6.45, 7) is 4.81. The monoisotopic (exact) mass is 208 g/mol. The second kappa shape index (κ2) is 8.24. The number of nitrogens with zero attached hydrogens (tertiary/aromatic N) is 1. The average molecular weight is 208 g/mol. The van der Waals surface area contributed by atoms with Gasteiger partial charge in [0.2, 0.25) is 0 Å². The number of aromatic nitrogens is 1. The van der Waals surface area contributed by atoms with Crippen LogP contribution in [0.4, 0.5) is 5.82 Å². The van der Waals surface area contributed by atoms with Gasteiger partial charge in [-0.05, 0) is 25.0 Å². The molecule has 0 bridgehead atoms. The third-order valence-corrected chi connectivity index (χ3v) is 2.08. The lowest BCUT2D eigenvalue weighted by molar-refractivity contribution is 0.131. The molecule has 0 amide bonds. The van der Waals surface area contributed by atoms with Gasteiger partial charge < -0.3 is 10.1 Å². The SMILES string of the molecule is CCCCOCCCNc1ccccn1. The minimum atomic E-state index is 0.833. The molecule has 0 saturated heterocycles. The normalized spacial score (nSPS) is 10.2. The Morgan fingerprint density at radius 1 is 1.27 bits per heavy atom. The van der Waals surface area contributed by atoms with E-state index in [-0.39, 0.29) is 0 Å². The predicted octanol–water partition coefficient (Wildman–Crippen LogP) is 2.70. The Labute approximate surface area is 91.9 Å². The van der Waals surface area contributed by atoms with E-state index >= 15 is 0 Å². The molecule has 15 heavy (non-hydrogen) atoms. The topological polar surface area (TPSA) is 34.1 Å². The molecule has 0 unspecified atom stereocenters. The third kappa shape index (κ3) is 6.07. The van der Waals surface area contributed by atoms with Crippen molar-refractivity contribution in [2.24, 2.45) is 0 Å². The van der Waals surface area contributed by atoms with Gasteiger partial charge in [-0.3, -0.25) is 0 Å². The minimum absolute atomic E-state index is 0.833. The van der Waals surface area contributed by atoms with Crippen molar-refractivity contribution in [3.8, 4) is 0 Å². The average Bonchev–Trinajstić information content (AvgIpc) is 2.29. The molecule has 0 saturated carbocycles. The van der Waals surface area contributed by atoms with E-state index in [1.54, 1.807) is 6.20 Å². The molecule has 1 heterocycles. The van der Waals surface area contributed by atoms with Crippen LogP contribution in [0.3, 0.4) is 0 Å². The van der Waals surface area contributed by atoms with Crippen molar-refractivity contribution >= 4 is 5.82 Å². The van der Waals surface area contributed by atoms with Crippen LogP contribution in [0.5, 0.6) is 0 Å². The molecule has 1 rings (SSSR count). The quantitative estimate of drug-likeness (QED) is 0.667. The maximum Gasteiger partial charge on any atom is 0.125 e. The van der Waals surface area contributed by atoms with Gasteiger partial charge in [-0.2, -0.15) is 0 Å². The summed E-state index contributed by atoms with van der Waals surface area (Å²) in [5, 5.41) is 3.24. The van der Waals surface area contributed by atoms with Crippen molar-refractivity contribution in [3.63, 3.8) is 0 Å². The van der Waals surface area contributed by atoms with Gasteiger partial charge in [0.25, 0.3) is 0 Å². The first-order valence-electron chi connectivity index (χ1n) is 5.66. The van der Waals surface area contributed by atoms with E-state index in [4.69, 9.17) is 4.74 Å². The first-order chi connectivity index (χ1) is 7.43. The number of hydrogen-bond donors (Lipinski definition) is 1. The molecule has 84 valence electrons. The van der Waals surface area contributed by atoms with Crippen molar-refractivity contribution in [1.29, 1.82) is 0 Å². The Morgan fingerprint density at radius 3 is 2.87 bits per heavy atom. The highest BCUT2D eigenvalue weighted by atomic mass is 16.5. The van der Waals surface area contributed by atoms with Gasteiger partial charge >= 0.3 is 0 Å². The minimum Gasteiger partial charge on any atom is -0.381 e. The van der Waals surface area contributed by atoms with E-state index in [0.717, 1.165) is 38.4 Å². The highest BCUT2D eigenvalue weighted by Crippen LogP contribution is 1.99. The van der Waals surface area contributed by atoms with Gasteiger partial charge in [0.15, 0.2) is 0 Å². The Morgan fingerprint density at radius 2 is 2.13 bits per heavy atom. The zero-order valence-corrected chi connectivity index (χ0v) is 9.41. The standard InChI is InChI=1S/C12H20N2O/c1-2-3-10-15-11-6-9-14-12-7-4-5-8-13-12/h4-5,7-8H,2-3,6,9-11H2,1H3,(H,13,14). The van der Waals surface area contributed by atoms with E-state index in [9.17, 15) is 0 Å². The number of rotatable bonds is 8. The lowest BCUT2D eigenvalue weighted by Crippen LogP contribution is -2.07. The summed E-state index contributed by atoms with van der Waals surface area (Å²) in [7, 11) is 0. The number of unbranched alkanes of at least 4 members (excludes halogenated alkanes) is 1. The highest BCUT2D eigenvalue weighted by molar-refractivity contribution is 5.32. The highest BCUT2D eigenvalue weighted by Gasteiger charge is 1.91. The maximum atomic E-state index is 5.45. The second-order valence-electron chi connectivity index (χ2n) is 3.46. The van der Waals surface area contributed by atoms with Crippen LogP contribution < -0.4 is 5.32 Å². The molecule has 0 aliphatic carbocycles. The maximum absolute atomic E-state index is 5.45. The summed E-state index contributed by atoms with van der Waals surface area (Å²) in [4.78, 5) is 4.17. The molecule has 0 radical (unpaired) electrons. The number of hydrogen-bond acceptors (Lipinski definition) is 3. The van der Waals surface area contributed by atoms with E-state index < -0.39 is 0 Å². The summed E-state index contributed by atoms with van der Waals surface area (Å²) in [6.07, 6.45) is 5.18. The summed E-state index contributed by atoms with van der Waals surface area (Å²) in [5.74, 6) is 0.936. The lowest BCUT2D eigenvalue weighted by Gasteiger charge is -2.05. The van der Waals surface area contributed by atoms with Crippen molar-refractivity contribution in [2.75, 3.05) is 25.1 Å². The smallest absolute Gasteiger partial charge is 0.125 e. The number of pyridine rings is 1. The Balaban J connectivity index is 1.93. The van der Waals surface area contributed by atoms with E-state index in [0.29, 0.717) is 0 Å². The fourth-order valence-corrected chi connectivity index (χ4v) is 1.21. The molecule has 0 spiro atoms. The van der Waals surface area contributed by atoms with Crippen molar-refractivity contribution < 1.29 is 4.74 Å². The fourth-order valence-electron chi connectivity index (χ4n) is 1.21. The molecule has 3 nitrogen and oxygen atoms in total. The molecule has 0 aliphatic rings. The van der Waals surface area contributed by atoms with Crippen LogP contribution in [-0.4, -0.2) is 24.7 Å². The van der Waals surface area contributed by atoms with Crippen LogP contribution in [0.2, 0.25) is 0 Å². The van der Waals surface area contributed by atoms with Gasteiger partial charge in [0.1, 0.15) is 5.82 Å². The van der Waals surface area contributed by atoms with Crippen LogP contribution in [0.25, 0.3) is 0 Å². The Kier molecular flexibility index (Phi) is 6.58. The molecule has 0 aliphatic heterocycles. The van der Waals surface area contributed by atoms with Crippen LogP contribution in [-0.2, 0) is 4.74 Å². The summed E-state index contributed by atoms with van der Waals surface area (Å²) in [6, 6.07) is 5.87. The zero-order chi connectivity index (χ0) is 10.8. The largest absolute Gasteiger partial charge is 0.381 e. The van der Waals surface area contributed by atoms with Crippen LogP contribution >= 0.6 is 0 Å². The lowest BCUT2D eigenvalue weighted by atomic mass is 10.3. The molecule has 0 atom stereocenters. The number of ether oxygens (including phenoxy) is 1. The molecule has 3 heteroatoms. The molecule has 1 N–H and O–H groups in total. The predicted molar refractivity (Wildman–Crippen MR) is 63.1 cm³/mol. The summed E-state index contributed by atoms with van der Waals surface area (Å²) < 4.78 is 5.45. The van der Waals surface area contributed by atoms with Crippen LogP contribution in [0.15, 0.2) is 24.4 Å². The van der Waals surface area contributed by atoms with Gasteiger partial charge in [0, 0.05) is 26.0 Å². The van der Waals surface area contributed by atoms with Gasteiger partial charge in [-0.1, -0.05) is 19.4 Å². The fraction of sp³-hybridized carbons (Fsp3) is 0.583. The Hall–Kier alpha value is -1.09. The van der Waals surface area contributed by atoms with Gasteiger partial charge in [0.05, 0.1) is 0 Å². The molecule has 1 aromatic rings. The van der Waals surface area contributed by atoms with E-state index in [2.05, 4.69) is 17.2 Å². The molecular weight excluding hydrogens is 188 g/mol.